The molecule has 0 radical (unpaired) electrons. The highest BCUT2D eigenvalue weighted by Gasteiger charge is 2.25. The van der Waals surface area contributed by atoms with E-state index in [9.17, 15) is 14.7 Å². The first-order valence-electron chi connectivity index (χ1n) is 8.81. The van der Waals surface area contributed by atoms with E-state index >= 15 is 0 Å². The summed E-state index contributed by atoms with van der Waals surface area (Å²) in [5, 5.41) is 19.2. The number of hydrogen-bond acceptors (Lipinski definition) is 5. The van der Waals surface area contributed by atoms with Crippen LogP contribution in [0.2, 0.25) is 0 Å². The van der Waals surface area contributed by atoms with Crippen LogP contribution >= 0.6 is 0 Å². The number of carbonyl (C=O) groups is 1. The molecule has 2 aromatic rings. The largest absolute Gasteiger partial charge is 0.511 e. The number of aryl methyl sites for hydroxylation is 1. The maximum atomic E-state index is 12.2. The molecule has 0 bridgehead atoms. The lowest BCUT2D eigenvalue weighted by Gasteiger charge is -2.20. The van der Waals surface area contributed by atoms with E-state index in [1.54, 1.807) is 0 Å². The third-order valence-corrected chi connectivity index (χ3v) is 5.14. The van der Waals surface area contributed by atoms with Crippen LogP contribution in [0.4, 0.5) is 10.5 Å². The predicted octanol–water partition coefficient (Wildman–Crippen LogP) is 2.89. The molecule has 2 aliphatic rings. The lowest BCUT2D eigenvalue weighted by atomic mass is 10.00. The van der Waals surface area contributed by atoms with Gasteiger partial charge in [-0.2, -0.15) is 0 Å². The highest BCUT2D eigenvalue weighted by Crippen LogP contribution is 2.39. The van der Waals surface area contributed by atoms with Crippen molar-refractivity contribution in [3.63, 3.8) is 0 Å². The first kappa shape index (κ1) is 16.5. The number of ether oxygens (including phenoxy) is 1. The van der Waals surface area contributed by atoms with Crippen molar-refractivity contribution < 1.29 is 19.7 Å². The van der Waals surface area contributed by atoms with Gasteiger partial charge in [-0.25, -0.2) is 4.79 Å². The Balaban J connectivity index is 1.82. The molecule has 0 spiro atoms. The normalized spacial score (nSPS) is 15.9. The monoisotopic (exact) mass is 356 g/mol. The van der Waals surface area contributed by atoms with Crippen LogP contribution in [0.3, 0.4) is 0 Å². The van der Waals surface area contributed by atoms with Crippen molar-refractivity contribution in [2.24, 2.45) is 0 Å². The maximum Gasteiger partial charge on any atom is 0.511 e. The number of nitrogens with zero attached hydrogens (tertiary/aromatic N) is 1. The minimum Gasteiger partial charge on any atom is -0.504 e. The van der Waals surface area contributed by atoms with Gasteiger partial charge < -0.3 is 24.8 Å². The fourth-order valence-electron chi connectivity index (χ4n) is 3.92. The van der Waals surface area contributed by atoms with Crippen LogP contribution in [0.25, 0.3) is 11.3 Å². The second-order valence-electron chi connectivity index (χ2n) is 6.74. The Morgan fingerprint density at radius 2 is 1.92 bits per heavy atom. The highest BCUT2D eigenvalue weighted by atomic mass is 16.7. The Labute approximate surface area is 149 Å². The molecule has 0 amide bonds. The molecule has 136 valence electrons. The van der Waals surface area contributed by atoms with Crippen molar-refractivity contribution in [3.05, 3.63) is 39.7 Å². The zero-order valence-electron chi connectivity index (χ0n) is 14.2. The Morgan fingerprint density at radius 1 is 1.15 bits per heavy atom. The van der Waals surface area contributed by atoms with Crippen molar-refractivity contribution in [1.29, 1.82) is 0 Å². The molecule has 7 nitrogen and oxygen atoms in total. The van der Waals surface area contributed by atoms with Crippen LogP contribution in [-0.2, 0) is 12.8 Å². The lowest BCUT2D eigenvalue weighted by Crippen LogP contribution is -2.18. The summed E-state index contributed by atoms with van der Waals surface area (Å²) in [6.45, 7) is 2.12. The summed E-state index contributed by atoms with van der Waals surface area (Å²) in [5.41, 5.74) is 3.49. The summed E-state index contributed by atoms with van der Waals surface area (Å²) in [7, 11) is 0. The molecular formula is C19H20N2O5. The molecule has 1 fully saturated rings. The van der Waals surface area contributed by atoms with E-state index in [1.165, 1.54) is 18.5 Å². The quantitative estimate of drug-likeness (QED) is 0.715. The van der Waals surface area contributed by atoms with Gasteiger partial charge in [0.2, 0.25) is 5.75 Å². The number of fused-ring (bicyclic) bond motifs is 3. The smallest absolute Gasteiger partial charge is 0.504 e. The first-order chi connectivity index (χ1) is 12.5. The predicted molar refractivity (Wildman–Crippen MR) is 96.3 cm³/mol. The molecule has 1 saturated heterocycles. The number of anilines is 1. The number of H-pyrrole nitrogens is 1. The van der Waals surface area contributed by atoms with Gasteiger partial charge in [-0.1, -0.05) is 6.07 Å². The van der Waals surface area contributed by atoms with Crippen LogP contribution < -0.4 is 15.2 Å². The second kappa shape index (κ2) is 6.40. The van der Waals surface area contributed by atoms with Crippen LogP contribution in [0.1, 0.15) is 30.4 Å². The van der Waals surface area contributed by atoms with Gasteiger partial charge in [0, 0.05) is 29.9 Å². The lowest BCUT2D eigenvalue weighted by molar-refractivity contribution is 0.142. The number of nitrogens with one attached hydrogen (secondary N) is 1. The molecule has 0 atom stereocenters. The van der Waals surface area contributed by atoms with Crippen LogP contribution in [0.5, 0.6) is 11.5 Å². The number of carboxylic acid groups (broad SMARTS) is 1. The summed E-state index contributed by atoms with van der Waals surface area (Å²) in [6.07, 6.45) is 2.91. The summed E-state index contributed by atoms with van der Waals surface area (Å²) in [6, 6.07) is 6.17. The van der Waals surface area contributed by atoms with Crippen molar-refractivity contribution in [1.82, 2.24) is 4.98 Å². The first-order valence-corrected chi connectivity index (χ1v) is 8.81. The van der Waals surface area contributed by atoms with Gasteiger partial charge in [0.1, 0.15) is 0 Å². The number of aromatic nitrogens is 1. The topological polar surface area (TPSA) is 103 Å². The standard InChI is InChI=1S/C19H20N2O5/c22-16-14-5-3-4-11-10-12(21-8-1-2-9-21)6-7-13(11)15(14)20-18(23)17(16)26-19(24)25/h6-7,10H,1-5,8-9H2,(H,24,25)(H2,20,22,23). The van der Waals surface area contributed by atoms with Crippen molar-refractivity contribution in [3.8, 4) is 22.8 Å². The third-order valence-electron chi connectivity index (χ3n) is 5.14. The fourth-order valence-corrected chi connectivity index (χ4v) is 3.92. The van der Waals surface area contributed by atoms with E-state index in [0.717, 1.165) is 37.1 Å². The Kier molecular flexibility index (Phi) is 4.06. The third kappa shape index (κ3) is 2.79. The van der Waals surface area contributed by atoms with Crippen molar-refractivity contribution in [2.45, 2.75) is 32.1 Å². The SMILES string of the molecule is O=C(O)Oc1c(O)c2c([nH]c1=O)-c1ccc(N3CCCC3)cc1CCC2. The molecule has 1 aliphatic carbocycles. The average Bonchev–Trinajstić information content (AvgIpc) is 3.08. The Morgan fingerprint density at radius 3 is 2.65 bits per heavy atom. The zero-order chi connectivity index (χ0) is 18.3. The Hall–Kier alpha value is -2.96. The number of pyridine rings is 1. The summed E-state index contributed by atoms with van der Waals surface area (Å²) >= 11 is 0. The van der Waals surface area contributed by atoms with Gasteiger partial charge in [0.15, 0.2) is 5.75 Å². The van der Waals surface area contributed by atoms with Crippen LogP contribution in [0, 0.1) is 0 Å². The second-order valence-corrected chi connectivity index (χ2v) is 6.74. The van der Waals surface area contributed by atoms with Gasteiger partial charge in [0.25, 0.3) is 5.56 Å². The minimum absolute atomic E-state index is 0.386. The molecule has 26 heavy (non-hydrogen) atoms. The minimum atomic E-state index is -1.63. The summed E-state index contributed by atoms with van der Waals surface area (Å²) < 4.78 is 4.47. The number of rotatable bonds is 2. The molecule has 3 N–H and O–H groups in total. The van der Waals surface area contributed by atoms with Gasteiger partial charge in [0.05, 0.1) is 5.69 Å². The van der Waals surface area contributed by atoms with Gasteiger partial charge in [-0.05, 0) is 49.8 Å². The highest BCUT2D eigenvalue weighted by molar-refractivity contribution is 5.75. The van der Waals surface area contributed by atoms with E-state index in [2.05, 4.69) is 20.7 Å². The summed E-state index contributed by atoms with van der Waals surface area (Å²) in [5.74, 6) is -0.948. The van der Waals surface area contributed by atoms with E-state index < -0.39 is 17.5 Å². The molecule has 0 unspecified atom stereocenters. The zero-order valence-corrected chi connectivity index (χ0v) is 14.2. The summed E-state index contributed by atoms with van der Waals surface area (Å²) in [4.78, 5) is 28.1. The van der Waals surface area contributed by atoms with Crippen LogP contribution in [-0.4, -0.2) is 34.4 Å². The van der Waals surface area contributed by atoms with Crippen LogP contribution in [0.15, 0.2) is 23.0 Å². The molecule has 0 saturated carbocycles. The molecule has 1 aromatic carbocycles. The number of hydrogen-bond donors (Lipinski definition) is 3. The fraction of sp³-hybridized carbons (Fsp3) is 0.368. The average molecular weight is 356 g/mol. The van der Waals surface area contributed by atoms with E-state index in [4.69, 9.17) is 5.11 Å². The van der Waals surface area contributed by atoms with Gasteiger partial charge in [-0.3, -0.25) is 4.79 Å². The van der Waals surface area contributed by atoms with Crippen molar-refractivity contribution >= 4 is 11.8 Å². The number of aromatic amines is 1. The van der Waals surface area contributed by atoms with Crippen molar-refractivity contribution in [2.75, 3.05) is 18.0 Å². The van der Waals surface area contributed by atoms with E-state index in [-0.39, 0.29) is 5.75 Å². The molecule has 4 rings (SSSR count). The van der Waals surface area contributed by atoms with Gasteiger partial charge in [-0.15, -0.1) is 0 Å². The molecule has 2 heterocycles. The molecular weight excluding hydrogens is 336 g/mol. The molecule has 7 heteroatoms. The molecule has 1 aliphatic heterocycles. The molecule has 1 aromatic heterocycles. The number of benzene rings is 1. The van der Waals surface area contributed by atoms with E-state index in [1.807, 2.05) is 12.1 Å². The maximum absolute atomic E-state index is 12.2. The van der Waals surface area contributed by atoms with Gasteiger partial charge >= 0.3 is 6.16 Å². The number of aromatic hydroxyl groups is 1. The Bertz CT molecular complexity index is 928. The van der Waals surface area contributed by atoms with E-state index in [0.29, 0.717) is 17.7 Å².